The molecular weight excluding hydrogens is 202 g/mol. The van der Waals surface area contributed by atoms with Gasteiger partial charge in [0.05, 0.1) is 15.3 Å². The van der Waals surface area contributed by atoms with Crippen molar-refractivity contribution in [3.8, 4) is 0 Å². The molecule has 0 amide bonds. The molecule has 1 unspecified atom stereocenters. The summed E-state index contributed by atoms with van der Waals surface area (Å²) in [7, 11) is -1.19. The van der Waals surface area contributed by atoms with Gasteiger partial charge in [-0.2, -0.15) is 0 Å². The van der Waals surface area contributed by atoms with Crippen molar-refractivity contribution in [2.75, 3.05) is 5.75 Å². The Bertz CT molecular complexity index is 261. The van der Waals surface area contributed by atoms with E-state index >= 15 is 0 Å². The number of rotatable bonds is 3. The van der Waals surface area contributed by atoms with Gasteiger partial charge in [-0.05, 0) is 18.6 Å². The summed E-state index contributed by atoms with van der Waals surface area (Å²) in [5.74, 6) is 0.511. The van der Waals surface area contributed by atoms with Gasteiger partial charge in [-0.1, -0.05) is 11.6 Å². The fourth-order valence-electron chi connectivity index (χ4n) is 0.687. The zero-order valence-corrected chi connectivity index (χ0v) is 8.14. The first kappa shape index (κ1) is 9.19. The van der Waals surface area contributed by atoms with Crippen LogP contribution >= 0.6 is 22.9 Å². The highest BCUT2D eigenvalue weighted by atomic mass is 35.5. The second kappa shape index (κ2) is 4.21. The van der Waals surface area contributed by atoms with E-state index in [4.69, 9.17) is 16.7 Å². The highest BCUT2D eigenvalue weighted by molar-refractivity contribution is 7.82. The van der Waals surface area contributed by atoms with Gasteiger partial charge in [0, 0.05) is 10.6 Å². The van der Waals surface area contributed by atoms with Crippen molar-refractivity contribution in [3.05, 3.63) is 21.3 Å². The lowest BCUT2D eigenvalue weighted by Gasteiger charge is -1.91. The van der Waals surface area contributed by atoms with E-state index < -0.39 is 11.0 Å². The third-order valence-corrected chi connectivity index (χ3v) is 3.08. The molecule has 0 aliphatic carbocycles. The molecule has 0 saturated carbocycles. The predicted molar refractivity (Wildman–Crippen MR) is 50.2 cm³/mol. The maximum Gasteiger partial charge on any atom is 0.0931 e. The molecule has 0 spiro atoms. The Morgan fingerprint density at radius 3 is 2.82 bits per heavy atom. The molecule has 1 rings (SSSR count). The Hall–Kier alpha value is 0.1000. The molecule has 11 heavy (non-hydrogen) atoms. The average Bonchev–Trinajstić information content (AvgIpc) is 2.31. The van der Waals surface area contributed by atoms with Crippen LogP contribution in [0.4, 0.5) is 0 Å². The molecule has 0 radical (unpaired) electrons. The molecule has 1 atom stereocenters. The summed E-state index contributed by atoms with van der Waals surface area (Å²) in [5, 5.41) is 5.09. The summed E-state index contributed by atoms with van der Waals surface area (Å²) in [5.41, 5.74) is 0. The van der Waals surface area contributed by atoms with E-state index in [0.29, 0.717) is 5.75 Å². The van der Waals surface area contributed by atoms with Gasteiger partial charge in [0.2, 0.25) is 0 Å². The molecule has 0 aromatic carbocycles. The van der Waals surface area contributed by atoms with Crippen LogP contribution in [0.15, 0.2) is 12.1 Å². The average molecular weight is 210 g/mol. The van der Waals surface area contributed by atoms with Gasteiger partial charge in [-0.3, -0.25) is 5.14 Å². The minimum absolute atomic E-state index is 0.511. The maximum absolute atomic E-state index is 10.5. The molecule has 5 heteroatoms. The van der Waals surface area contributed by atoms with Crippen LogP contribution in [-0.4, -0.2) is 9.96 Å². The van der Waals surface area contributed by atoms with Crippen LogP contribution in [0.2, 0.25) is 4.34 Å². The Morgan fingerprint density at radius 2 is 2.36 bits per heavy atom. The van der Waals surface area contributed by atoms with Gasteiger partial charge in [0.1, 0.15) is 0 Å². The van der Waals surface area contributed by atoms with E-state index in [1.165, 1.54) is 11.3 Å². The van der Waals surface area contributed by atoms with E-state index in [9.17, 15) is 4.21 Å². The maximum atomic E-state index is 10.5. The number of aryl methyl sites for hydroxylation is 1. The Kier molecular flexibility index (Phi) is 3.51. The number of hydrogen-bond acceptors (Lipinski definition) is 2. The topological polar surface area (TPSA) is 43.1 Å². The Labute approximate surface area is 77.0 Å². The molecule has 1 heterocycles. The van der Waals surface area contributed by atoms with Crippen LogP contribution in [-0.2, 0) is 17.4 Å². The van der Waals surface area contributed by atoms with E-state index in [-0.39, 0.29) is 0 Å². The first-order chi connectivity index (χ1) is 5.18. The smallest absolute Gasteiger partial charge is 0.0931 e. The van der Waals surface area contributed by atoms with Gasteiger partial charge < -0.3 is 0 Å². The van der Waals surface area contributed by atoms with E-state index in [0.717, 1.165) is 15.6 Å². The van der Waals surface area contributed by atoms with E-state index in [2.05, 4.69) is 0 Å². The molecule has 0 fully saturated rings. The molecule has 1 aromatic heterocycles. The summed E-state index contributed by atoms with van der Waals surface area (Å²) in [4.78, 5) is 1.13. The highest BCUT2D eigenvalue weighted by Crippen LogP contribution is 2.21. The number of hydrogen-bond donors (Lipinski definition) is 1. The van der Waals surface area contributed by atoms with Gasteiger partial charge in [0.25, 0.3) is 0 Å². The van der Waals surface area contributed by atoms with Crippen LogP contribution in [0.25, 0.3) is 0 Å². The molecule has 62 valence electrons. The van der Waals surface area contributed by atoms with Gasteiger partial charge >= 0.3 is 0 Å². The molecular formula is C6H8ClNOS2. The van der Waals surface area contributed by atoms with Crippen LogP contribution in [0.3, 0.4) is 0 Å². The van der Waals surface area contributed by atoms with Crippen molar-refractivity contribution < 1.29 is 4.21 Å². The molecule has 0 aliphatic heterocycles. The third kappa shape index (κ3) is 3.33. The molecule has 2 nitrogen and oxygen atoms in total. The second-order valence-corrected chi connectivity index (χ2v) is 5.01. The fourth-order valence-corrected chi connectivity index (χ4v) is 2.32. The third-order valence-electron chi connectivity index (χ3n) is 1.18. The Morgan fingerprint density at radius 1 is 1.64 bits per heavy atom. The summed E-state index contributed by atoms with van der Waals surface area (Å²) < 4.78 is 11.3. The summed E-state index contributed by atoms with van der Waals surface area (Å²) in [6.45, 7) is 0. The predicted octanol–water partition coefficient (Wildman–Crippen LogP) is 1.57. The first-order valence-electron chi connectivity index (χ1n) is 3.05. The molecule has 0 bridgehead atoms. The number of thiophene rings is 1. The van der Waals surface area contributed by atoms with Crippen molar-refractivity contribution in [3.63, 3.8) is 0 Å². The van der Waals surface area contributed by atoms with Crippen molar-refractivity contribution in [1.82, 2.24) is 0 Å². The zero-order chi connectivity index (χ0) is 8.27. The first-order valence-corrected chi connectivity index (χ1v) is 5.63. The van der Waals surface area contributed by atoms with Crippen molar-refractivity contribution >= 4 is 33.9 Å². The minimum Gasteiger partial charge on any atom is -0.252 e. The summed E-state index contributed by atoms with van der Waals surface area (Å²) in [6, 6.07) is 3.76. The van der Waals surface area contributed by atoms with Crippen LogP contribution in [0.5, 0.6) is 0 Å². The highest BCUT2D eigenvalue weighted by Gasteiger charge is 1.98. The quantitative estimate of drug-likeness (QED) is 0.807. The summed E-state index contributed by atoms with van der Waals surface area (Å²) >= 11 is 7.19. The van der Waals surface area contributed by atoms with Crippen molar-refractivity contribution in [2.45, 2.75) is 6.42 Å². The minimum atomic E-state index is -1.19. The van der Waals surface area contributed by atoms with Crippen molar-refractivity contribution in [2.24, 2.45) is 5.14 Å². The van der Waals surface area contributed by atoms with Gasteiger partial charge in [-0.15, -0.1) is 11.3 Å². The monoisotopic (exact) mass is 209 g/mol. The van der Waals surface area contributed by atoms with Crippen molar-refractivity contribution in [1.29, 1.82) is 0 Å². The lowest BCUT2D eigenvalue weighted by molar-refractivity contribution is 0.683. The van der Waals surface area contributed by atoms with Crippen LogP contribution < -0.4 is 5.14 Å². The SMILES string of the molecule is NS(=O)CCc1ccc(Cl)s1. The fraction of sp³-hybridized carbons (Fsp3) is 0.333. The normalized spacial score (nSPS) is 13.3. The van der Waals surface area contributed by atoms with Gasteiger partial charge in [0.15, 0.2) is 0 Å². The largest absolute Gasteiger partial charge is 0.252 e. The lowest BCUT2D eigenvalue weighted by Crippen LogP contribution is -2.08. The van der Waals surface area contributed by atoms with Gasteiger partial charge in [-0.25, -0.2) is 4.21 Å². The lowest BCUT2D eigenvalue weighted by atomic mass is 10.4. The Balaban J connectivity index is 2.45. The van der Waals surface area contributed by atoms with Crippen LogP contribution in [0.1, 0.15) is 4.88 Å². The standard InChI is InChI=1S/C6H8ClNOS2/c7-6-2-1-5(10-6)3-4-11(8)9/h1-2H,3-4,8H2. The second-order valence-electron chi connectivity index (χ2n) is 2.04. The number of nitrogens with two attached hydrogens (primary N) is 1. The van der Waals surface area contributed by atoms with Crippen LogP contribution in [0, 0.1) is 0 Å². The molecule has 2 N–H and O–H groups in total. The molecule has 0 saturated heterocycles. The molecule has 1 aromatic rings. The number of halogens is 1. The zero-order valence-electron chi connectivity index (χ0n) is 5.75. The van der Waals surface area contributed by atoms with E-state index in [1.807, 2.05) is 12.1 Å². The summed E-state index contributed by atoms with van der Waals surface area (Å²) in [6.07, 6.45) is 0.750. The van der Waals surface area contributed by atoms with E-state index in [1.54, 1.807) is 0 Å². The molecule has 0 aliphatic rings.